The first-order valence-corrected chi connectivity index (χ1v) is 3.99. The Bertz CT molecular complexity index is 377. The van der Waals surface area contributed by atoms with Crippen LogP contribution in [0.4, 0.5) is 5.69 Å². The molecule has 0 aliphatic carbocycles. The van der Waals surface area contributed by atoms with Crippen LogP contribution < -0.4 is 21.7 Å². The van der Waals surface area contributed by atoms with Crippen molar-refractivity contribution in [2.24, 2.45) is 11.8 Å². The first kappa shape index (κ1) is 9.73. The first-order valence-electron chi connectivity index (χ1n) is 3.99. The predicted octanol–water partition coefficient (Wildman–Crippen LogP) is -0.676. The number of aromatic hydroxyl groups is 1. The summed E-state index contributed by atoms with van der Waals surface area (Å²) in [6.07, 6.45) is 0. The minimum Gasteiger partial charge on any atom is -0.502 e. The maximum Gasteiger partial charge on any atom is 0.271 e. The summed E-state index contributed by atoms with van der Waals surface area (Å²) >= 11 is 0. The molecule has 5 nitrogen and oxygen atoms in total. The number of nitrogens with two attached hydrogens (primary N) is 1. The normalized spacial score (nSPS) is 11.1. The Kier molecular flexibility index (Phi) is 2.38. The van der Waals surface area contributed by atoms with Crippen molar-refractivity contribution in [2.75, 3.05) is 11.6 Å². The lowest BCUT2D eigenvalue weighted by Crippen LogP contribution is -2.45. The van der Waals surface area contributed by atoms with E-state index in [1.165, 1.54) is 0 Å². The van der Waals surface area contributed by atoms with Gasteiger partial charge in [-0.05, 0) is 5.92 Å². The summed E-state index contributed by atoms with van der Waals surface area (Å²) in [5.74, 6) is 5.20. The Morgan fingerprint density at radius 3 is 2.31 bits per heavy atom. The van der Waals surface area contributed by atoms with Gasteiger partial charge in [0.25, 0.3) is 10.9 Å². The summed E-state index contributed by atoms with van der Waals surface area (Å²) < 4.78 is 0. The highest BCUT2D eigenvalue weighted by Crippen LogP contribution is 2.18. The Morgan fingerprint density at radius 1 is 1.38 bits per heavy atom. The lowest BCUT2D eigenvalue weighted by molar-refractivity contribution is 0.459. The third-order valence-electron chi connectivity index (χ3n) is 1.71. The molecule has 0 aliphatic rings. The van der Waals surface area contributed by atoms with Crippen LogP contribution >= 0.6 is 0 Å². The van der Waals surface area contributed by atoms with Gasteiger partial charge in [0.1, 0.15) is 0 Å². The second-order valence-corrected chi connectivity index (χ2v) is 3.40. The molecule has 0 bridgehead atoms. The molecule has 1 rings (SSSR count). The number of hydrazine groups is 1. The fourth-order valence-electron chi connectivity index (χ4n) is 1.12. The van der Waals surface area contributed by atoms with Crippen molar-refractivity contribution < 1.29 is 5.11 Å². The zero-order valence-electron chi connectivity index (χ0n) is 7.57. The molecule has 1 aromatic carbocycles. The molecule has 0 heterocycles. The maximum atomic E-state index is 10.9. The largest absolute Gasteiger partial charge is 0.502 e. The summed E-state index contributed by atoms with van der Waals surface area (Å²) in [5, 5.41) is 10.1. The molecule has 0 atom stereocenters. The molecular weight excluding hydrogens is 172 g/mol. The van der Waals surface area contributed by atoms with Crippen LogP contribution in [0, 0.1) is 5.92 Å². The van der Waals surface area contributed by atoms with Gasteiger partial charge in [-0.3, -0.25) is 9.59 Å². The third kappa shape index (κ3) is 1.55. The molecule has 0 saturated carbocycles. The maximum absolute atomic E-state index is 10.9. The van der Waals surface area contributed by atoms with Crippen LogP contribution in [0.2, 0.25) is 0 Å². The molecular formula is C8H12N2O3. The van der Waals surface area contributed by atoms with Gasteiger partial charge in [-0.1, -0.05) is 13.8 Å². The summed E-state index contributed by atoms with van der Waals surface area (Å²) in [6.45, 7) is 4.27. The van der Waals surface area contributed by atoms with E-state index in [0.717, 1.165) is 5.01 Å². The molecule has 0 amide bonds. The smallest absolute Gasteiger partial charge is 0.271 e. The van der Waals surface area contributed by atoms with Gasteiger partial charge in [0.05, 0.1) is 0 Å². The van der Waals surface area contributed by atoms with Crippen molar-refractivity contribution in [1.29, 1.82) is 0 Å². The molecule has 3 N–H and O–H groups in total. The molecule has 0 fully saturated rings. The summed E-state index contributed by atoms with van der Waals surface area (Å²) in [5.41, 5.74) is -1.63. The van der Waals surface area contributed by atoms with E-state index in [1.54, 1.807) is 0 Å². The number of hydrogen-bond acceptors (Lipinski definition) is 5. The van der Waals surface area contributed by atoms with E-state index in [1.807, 2.05) is 13.8 Å². The zero-order valence-corrected chi connectivity index (χ0v) is 7.57. The fraction of sp³-hybridized carbons (Fsp3) is 0.500. The Balaban J connectivity index is 2.86. The molecule has 5 heteroatoms. The average molecular weight is 184 g/mol. The van der Waals surface area contributed by atoms with E-state index < -0.39 is 16.6 Å². The third-order valence-corrected chi connectivity index (χ3v) is 1.71. The summed E-state index contributed by atoms with van der Waals surface area (Å²) in [4.78, 5) is 21.5. The van der Waals surface area contributed by atoms with E-state index in [2.05, 4.69) is 0 Å². The highest BCUT2D eigenvalue weighted by atomic mass is 16.3. The van der Waals surface area contributed by atoms with Gasteiger partial charge in [0.2, 0.25) is 0 Å². The second kappa shape index (κ2) is 3.18. The molecule has 0 aromatic heterocycles. The topological polar surface area (TPSA) is 83.6 Å². The second-order valence-electron chi connectivity index (χ2n) is 3.40. The van der Waals surface area contributed by atoms with Crippen molar-refractivity contribution in [3.05, 3.63) is 20.4 Å². The van der Waals surface area contributed by atoms with E-state index in [9.17, 15) is 9.59 Å². The van der Waals surface area contributed by atoms with E-state index >= 15 is 0 Å². The van der Waals surface area contributed by atoms with Gasteiger partial charge in [-0.2, -0.15) is 0 Å². The van der Waals surface area contributed by atoms with Gasteiger partial charge in [0, 0.05) is 6.54 Å². The summed E-state index contributed by atoms with van der Waals surface area (Å²) in [7, 11) is 0. The van der Waals surface area contributed by atoms with Crippen molar-refractivity contribution in [3.8, 4) is 5.75 Å². The minimum atomic E-state index is -0.853. The monoisotopic (exact) mass is 184 g/mol. The predicted molar refractivity (Wildman–Crippen MR) is 49.4 cm³/mol. The van der Waals surface area contributed by atoms with Gasteiger partial charge < -0.3 is 10.1 Å². The van der Waals surface area contributed by atoms with Crippen LogP contribution in [0.1, 0.15) is 13.8 Å². The number of hydrogen-bond donors (Lipinski definition) is 2. The lowest BCUT2D eigenvalue weighted by atomic mass is 10.1. The number of nitrogens with zero attached hydrogens (tertiary/aromatic N) is 1. The van der Waals surface area contributed by atoms with Gasteiger partial charge in [-0.15, -0.1) is 0 Å². The lowest BCUT2D eigenvalue weighted by Gasteiger charge is -2.21. The Morgan fingerprint density at radius 2 is 1.92 bits per heavy atom. The molecule has 13 heavy (non-hydrogen) atoms. The molecule has 0 aliphatic heterocycles. The molecule has 0 saturated heterocycles. The molecule has 1 aromatic rings. The molecule has 0 spiro atoms. The van der Waals surface area contributed by atoms with E-state index in [4.69, 9.17) is 10.9 Å². The van der Waals surface area contributed by atoms with Crippen molar-refractivity contribution in [3.63, 3.8) is 0 Å². The van der Waals surface area contributed by atoms with Crippen LogP contribution in [-0.2, 0) is 0 Å². The highest BCUT2D eigenvalue weighted by Gasteiger charge is 2.24. The van der Waals surface area contributed by atoms with Crippen molar-refractivity contribution in [2.45, 2.75) is 13.8 Å². The number of anilines is 1. The summed E-state index contributed by atoms with van der Waals surface area (Å²) in [6, 6.07) is 0. The average Bonchev–Trinajstić information content (AvgIpc) is 2.02. The van der Waals surface area contributed by atoms with Crippen LogP contribution in [0.15, 0.2) is 9.59 Å². The van der Waals surface area contributed by atoms with Crippen molar-refractivity contribution >= 4 is 5.69 Å². The van der Waals surface area contributed by atoms with Gasteiger partial charge in [-0.25, -0.2) is 5.84 Å². The fourth-order valence-corrected chi connectivity index (χ4v) is 1.12. The van der Waals surface area contributed by atoms with E-state index in [0.29, 0.717) is 6.54 Å². The Labute approximate surface area is 75.1 Å². The van der Waals surface area contributed by atoms with Gasteiger partial charge >= 0.3 is 0 Å². The molecule has 0 radical (unpaired) electrons. The van der Waals surface area contributed by atoms with Crippen LogP contribution in [-0.4, -0.2) is 11.7 Å². The van der Waals surface area contributed by atoms with E-state index in [-0.39, 0.29) is 11.6 Å². The van der Waals surface area contributed by atoms with Crippen LogP contribution in [0.25, 0.3) is 0 Å². The number of rotatable bonds is 3. The Hall–Kier alpha value is -1.36. The SMILES string of the molecule is CC(C)CN(N)c1c(O)c(=O)c1=O. The standard InChI is InChI=1S/C8H12N2O3/c1-4(2)3-10(9)5-6(11)8(13)7(5)12/h4,11H,3,9H2,1-2H3. The molecule has 72 valence electrons. The first-order chi connectivity index (χ1) is 5.95. The quantitative estimate of drug-likeness (QED) is 0.369. The minimum absolute atomic E-state index is 0.0706. The zero-order chi connectivity index (χ0) is 10.2. The van der Waals surface area contributed by atoms with Crippen LogP contribution in [0.5, 0.6) is 5.75 Å². The highest BCUT2D eigenvalue weighted by molar-refractivity contribution is 5.61. The van der Waals surface area contributed by atoms with Crippen LogP contribution in [0.3, 0.4) is 0 Å². The van der Waals surface area contributed by atoms with Gasteiger partial charge in [0.15, 0.2) is 11.4 Å². The van der Waals surface area contributed by atoms with Crippen molar-refractivity contribution in [1.82, 2.24) is 0 Å². The molecule has 0 unspecified atom stereocenters.